The fourth-order valence-corrected chi connectivity index (χ4v) is 4.62. The molecule has 5 heterocycles. The van der Waals surface area contributed by atoms with Crippen LogP contribution in [-0.4, -0.2) is 51.0 Å². The number of aromatic nitrogens is 4. The van der Waals surface area contributed by atoms with Gasteiger partial charge in [-0.25, -0.2) is 4.98 Å². The predicted molar refractivity (Wildman–Crippen MR) is 147 cm³/mol. The Bertz CT molecular complexity index is 1400. The van der Waals surface area contributed by atoms with Crippen LogP contribution in [0.3, 0.4) is 0 Å². The quantitative estimate of drug-likeness (QED) is 0.282. The highest BCUT2D eigenvalue weighted by atomic mass is 16.1. The van der Waals surface area contributed by atoms with Crippen molar-refractivity contribution in [2.24, 2.45) is 10.7 Å². The number of nitrogens with one attached hydrogen (secondary N) is 1. The lowest BCUT2D eigenvalue weighted by atomic mass is 10.1. The van der Waals surface area contributed by atoms with Crippen LogP contribution in [-0.2, 0) is 6.42 Å². The molecule has 5 rings (SSSR count). The third-order valence-electron chi connectivity index (χ3n) is 6.62. The van der Waals surface area contributed by atoms with Gasteiger partial charge in [-0.05, 0) is 73.3 Å². The van der Waals surface area contributed by atoms with E-state index in [1.165, 1.54) is 25.7 Å². The minimum atomic E-state index is 0.457. The van der Waals surface area contributed by atoms with E-state index < -0.39 is 0 Å². The third-order valence-corrected chi connectivity index (χ3v) is 6.62. The Balaban J connectivity index is 1.25. The third kappa shape index (κ3) is 5.98. The van der Waals surface area contributed by atoms with Gasteiger partial charge in [-0.15, -0.1) is 0 Å². The van der Waals surface area contributed by atoms with Gasteiger partial charge in [-0.2, -0.15) is 0 Å². The van der Waals surface area contributed by atoms with Crippen molar-refractivity contribution in [3.63, 3.8) is 0 Å². The van der Waals surface area contributed by atoms with E-state index in [0.29, 0.717) is 40.9 Å². The Labute approximate surface area is 216 Å². The van der Waals surface area contributed by atoms with Gasteiger partial charge < -0.3 is 11.1 Å². The zero-order valence-corrected chi connectivity index (χ0v) is 20.8. The summed E-state index contributed by atoms with van der Waals surface area (Å²) in [5.41, 5.74) is 12.1. The summed E-state index contributed by atoms with van der Waals surface area (Å²) in [6.45, 7) is 1.85. The maximum atomic E-state index is 11.8. The molecule has 8 nitrogen and oxygen atoms in total. The van der Waals surface area contributed by atoms with Crippen LogP contribution >= 0.6 is 0 Å². The molecular formula is C29H31N7O. The maximum Gasteiger partial charge on any atom is 0.169 e. The summed E-state index contributed by atoms with van der Waals surface area (Å²) >= 11 is 0. The van der Waals surface area contributed by atoms with Gasteiger partial charge in [0.2, 0.25) is 0 Å². The number of hydrogen-bond donors (Lipinski definition) is 2. The van der Waals surface area contributed by atoms with Crippen molar-refractivity contribution >= 4 is 23.8 Å². The predicted octanol–water partition coefficient (Wildman–Crippen LogP) is 4.10. The van der Waals surface area contributed by atoms with Gasteiger partial charge in [0.25, 0.3) is 0 Å². The number of nitrogens with two attached hydrogens (primary N) is 1. The molecule has 1 atom stereocenters. The zero-order chi connectivity index (χ0) is 25.5. The molecule has 0 bridgehead atoms. The summed E-state index contributed by atoms with van der Waals surface area (Å²) in [5, 5.41) is 3.55. The SMILES string of the molecule is N/C(=C\C=NC[C@@H]1CCCCCN1)c1ccc(Cc2ccn3c(C=O)c(-c4ccccn4)nc3c2)cn1. The van der Waals surface area contributed by atoms with E-state index in [1.54, 1.807) is 16.8 Å². The highest BCUT2D eigenvalue weighted by Crippen LogP contribution is 2.23. The summed E-state index contributed by atoms with van der Waals surface area (Å²) in [6, 6.07) is 14.0. The fraction of sp³-hybridized carbons (Fsp3) is 0.276. The molecular weight excluding hydrogens is 462 g/mol. The summed E-state index contributed by atoms with van der Waals surface area (Å²) in [5.74, 6) is 0. The second-order valence-corrected chi connectivity index (χ2v) is 9.31. The molecule has 0 aromatic carbocycles. The van der Waals surface area contributed by atoms with E-state index >= 15 is 0 Å². The van der Waals surface area contributed by atoms with Crippen molar-refractivity contribution in [2.75, 3.05) is 13.1 Å². The first-order chi connectivity index (χ1) is 18.2. The summed E-state index contributed by atoms with van der Waals surface area (Å²) < 4.78 is 1.79. The fourth-order valence-electron chi connectivity index (χ4n) is 4.62. The van der Waals surface area contributed by atoms with E-state index in [9.17, 15) is 4.79 Å². The van der Waals surface area contributed by atoms with Crippen molar-refractivity contribution in [1.29, 1.82) is 0 Å². The summed E-state index contributed by atoms with van der Waals surface area (Å²) in [6.07, 6.45) is 15.5. The highest BCUT2D eigenvalue weighted by molar-refractivity contribution is 5.85. The number of hydrogen-bond acceptors (Lipinski definition) is 7. The van der Waals surface area contributed by atoms with E-state index in [2.05, 4.69) is 25.3 Å². The standard InChI is InChI=1S/C29H31N7O/c30-24(10-14-31-19-23-6-2-1-4-12-32-23)25-9-8-22(18-34-25)16-21-11-15-36-27(20-37)29(35-28(36)17-21)26-7-3-5-13-33-26/h3,5,7-11,13-15,17-18,20,23,32H,1-2,4,6,12,16,19,30H2/b24-10-,31-14?/t23-/m0/s1. The molecule has 1 aliphatic rings. The number of carbonyl (C=O) groups is 1. The number of aldehydes is 1. The number of carbonyl (C=O) groups excluding carboxylic acids is 1. The second-order valence-electron chi connectivity index (χ2n) is 9.31. The van der Waals surface area contributed by atoms with Gasteiger partial charge in [0, 0.05) is 30.8 Å². The first-order valence-corrected chi connectivity index (χ1v) is 12.7. The van der Waals surface area contributed by atoms with Crippen LogP contribution in [0.5, 0.6) is 0 Å². The molecule has 188 valence electrons. The average Bonchev–Trinajstić information content (AvgIpc) is 3.10. The summed E-state index contributed by atoms with van der Waals surface area (Å²) in [4.78, 5) is 29.9. The van der Waals surface area contributed by atoms with E-state index in [-0.39, 0.29) is 0 Å². The number of aliphatic imine (C=N–C) groups is 1. The molecule has 3 N–H and O–H groups in total. The van der Waals surface area contributed by atoms with Crippen LogP contribution < -0.4 is 11.1 Å². The molecule has 8 heteroatoms. The molecule has 1 saturated heterocycles. The Kier molecular flexibility index (Phi) is 7.76. The summed E-state index contributed by atoms with van der Waals surface area (Å²) in [7, 11) is 0. The second kappa shape index (κ2) is 11.7. The van der Waals surface area contributed by atoms with Gasteiger partial charge in [-0.1, -0.05) is 25.0 Å². The lowest BCUT2D eigenvalue weighted by Crippen LogP contribution is -2.30. The average molecular weight is 494 g/mol. The van der Waals surface area contributed by atoms with Crippen molar-refractivity contribution in [1.82, 2.24) is 24.7 Å². The number of rotatable bonds is 8. The lowest BCUT2D eigenvalue weighted by Gasteiger charge is -2.11. The van der Waals surface area contributed by atoms with Crippen LogP contribution in [0.1, 0.15) is 53.0 Å². The van der Waals surface area contributed by atoms with E-state index in [1.807, 2.05) is 60.9 Å². The number of allylic oxidation sites excluding steroid dienone is 1. The zero-order valence-electron chi connectivity index (χ0n) is 20.8. The Morgan fingerprint density at radius 3 is 2.89 bits per heavy atom. The van der Waals surface area contributed by atoms with Gasteiger partial charge in [0.05, 0.1) is 23.6 Å². The van der Waals surface area contributed by atoms with Crippen LogP contribution in [0.25, 0.3) is 22.7 Å². The van der Waals surface area contributed by atoms with E-state index in [4.69, 9.17) is 5.73 Å². The van der Waals surface area contributed by atoms with Gasteiger partial charge in [0.1, 0.15) is 17.0 Å². The Morgan fingerprint density at radius 1 is 1.14 bits per heavy atom. The Morgan fingerprint density at radius 2 is 2.08 bits per heavy atom. The first-order valence-electron chi connectivity index (χ1n) is 12.7. The van der Waals surface area contributed by atoms with Crippen LogP contribution in [0.15, 0.2) is 72.1 Å². The molecule has 0 spiro atoms. The monoisotopic (exact) mass is 493 g/mol. The van der Waals surface area contributed by atoms with Crippen LogP contribution in [0, 0.1) is 0 Å². The molecule has 1 aliphatic heterocycles. The molecule has 0 aliphatic carbocycles. The van der Waals surface area contributed by atoms with Crippen molar-refractivity contribution < 1.29 is 4.79 Å². The molecule has 1 fully saturated rings. The van der Waals surface area contributed by atoms with Crippen LogP contribution in [0.2, 0.25) is 0 Å². The molecule has 0 saturated carbocycles. The van der Waals surface area contributed by atoms with Crippen molar-refractivity contribution in [2.45, 2.75) is 38.1 Å². The minimum absolute atomic E-state index is 0.457. The largest absolute Gasteiger partial charge is 0.397 e. The van der Waals surface area contributed by atoms with E-state index in [0.717, 1.165) is 36.2 Å². The lowest BCUT2D eigenvalue weighted by molar-refractivity contribution is 0.111. The first kappa shape index (κ1) is 24.5. The molecule has 0 unspecified atom stereocenters. The molecule has 4 aromatic rings. The van der Waals surface area contributed by atoms with Gasteiger partial charge in [0.15, 0.2) is 6.29 Å². The molecule has 0 amide bonds. The van der Waals surface area contributed by atoms with Crippen LogP contribution in [0.4, 0.5) is 0 Å². The van der Waals surface area contributed by atoms with Crippen molar-refractivity contribution in [3.05, 3.63) is 89.6 Å². The van der Waals surface area contributed by atoms with Crippen molar-refractivity contribution in [3.8, 4) is 11.4 Å². The van der Waals surface area contributed by atoms with Gasteiger partial charge in [-0.3, -0.25) is 24.2 Å². The maximum absolute atomic E-state index is 11.8. The molecule has 37 heavy (non-hydrogen) atoms. The molecule has 0 radical (unpaired) electrons. The highest BCUT2D eigenvalue weighted by Gasteiger charge is 2.15. The number of fused-ring (bicyclic) bond motifs is 1. The Hall–Kier alpha value is -4.17. The molecule has 4 aromatic heterocycles. The number of imidazole rings is 1. The minimum Gasteiger partial charge on any atom is -0.397 e. The number of pyridine rings is 3. The smallest absolute Gasteiger partial charge is 0.169 e. The topological polar surface area (TPSA) is 111 Å². The number of nitrogens with zero attached hydrogens (tertiary/aromatic N) is 5. The van der Waals surface area contributed by atoms with Gasteiger partial charge >= 0.3 is 0 Å². The normalized spacial score (nSPS) is 16.8.